The predicted molar refractivity (Wildman–Crippen MR) is 73.0 cm³/mol. The summed E-state index contributed by atoms with van der Waals surface area (Å²) in [5, 5.41) is 13.7. The molecule has 1 aromatic heterocycles. The lowest BCUT2D eigenvalue weighted by molar-refractivity contribution is 0.0262. The molecule has 1 amide bonds. The zero-order valence-electron chi connectivity index (χ0n) is 12.0. The molecule has 19 heavy (non-hydrogen) atoms. The van der Waals surface area contributed by atoms with E-state index in [4.69, 9.17) is 0 Å². The second-order valence-electron chi connectivity index (χ2n) is 5.37. The molecule has 0 unspecified atom stereocenters. The average Bonchev–Trinajstić information content (AvgIpc) is 2.79. The highest BCUT2D eigenvalue weighted by Crippen LogP contribution is 2.27. The van der Waals surface area contributed by atoms with Crippen LogP contribution in [0, 0.1) is 5.92 Å². The summed E-state index contributed by atoms with van der Waals surface area (Å²) in [6.45, 7) is 5.45. The lowest BCUT2D eigenvalue weighted by atomic mass is 9.82. The minimum absolute atomic E-state index is 0.0236. The number of nitrogens with zero attached hydrogens (tertiary/aromatic N) is 3. The number of aliphatic hydroxyl groups is 1. The summed E-state index contributed by atoms with van der Waals surface area (Å²) in [5.74, 6) is 0.461. The molecule has 0 saturated heterocycles. The average molecular weight is 265 g/mol. The minimum atomic E-state index is -0.165. The number of hydrogen-bond donors (Lipinski definition) is 1. The van der Waals surface area contributed by atoms with Gasteiger partial charge in [-0.2, -0.15) is 5.10 Å². The Balaban J connectivity index is 2.03. The quantitative estimate of drug-likeness (QED) is 0.873. The zero-order chi connectivity index (χ0) is 14.0. The van der Waals surface area contributed by atoms with Crippen molar-refractivity contribution in [1.29, 1.82) is 0 Å². The van der Waals surface area contributed by atoms with Crippen LogP contribution in [0.2, 0.25) is 0 Å². The number of aromatic nitrogens is 2. The number of hydrogen-bond acceptors (Lipinski definition) is 3. The van der Waals surface area contributed by atoms with Gasteiger partial charge < -0.3 is 10.0 Å². The summed E-state index contributed by atoms with van der Waals surface area (Å²) in [6.07, 6.45) is 2.29. The van der Waals surface area contributed by atoms with Crippen LogP contribution in [0.1, 0.15) is 42.9 Å². The molecule has 2 rings (SSSR count). The van der Waals surface area contributed by atoms with Gasteiger partial charge in [-0.15, -0.1) is 0 Å². The van der Waals surface area contributed by atoms with E-state index in [-0.39, 0.29) is 12.0 Å². The molecule has 0 atom stereocenters. The topological polar surface area (TPSA) is 58.4 Å². The summed E-state index contributed by atoms with van der Waals surface area (Å²) >= 11 is 0. The molecule has 1 aliphatic carbocycles. The maximum absolute atomic E-state index is 12.4. The molecular formula is C14H23N3O2. The molecule has 0 radical (unpaired) electrons. The highest BCUT2D eigenvalue weighted by Gasteiger charge is 2.30. The fourth-order valence-electron chi connectivity index (χ4n) is 2.57. The Hall–Kier alpha value is -1.36. The van der Waals surface area contributed by atoms with Crippen LogP contribution in [0.25, 0.3) is 0 Å². The second-order valence-corrected chi connectivity index (χ2v) is 5.37. The lowest BCUT2D eigenvalue weighted by Gasteiger charge is -2.34. The number of aliphatic hydroxyl groups excluding tert-OH is 1. The number of carbonyl (C=O) groups is 1. The van der Waals surface area contributed by atoms with E-state index in [0.29, 0.717) is 24.7 Å². The number of amides is 1. The van der Waals surface area contributed by atoms with E-state index in [1.165, 1.54) is 0 Å². The molecule has 1 fully saturated rings. The molecule has 0 spiro atoms. The van der Waals surface area contributed by atoms with Crippen molar-refractivity contribution in [1.82, 2.24) is 14.7 Å². The maximum Gasteiger partial charge on any atom is 0.271 e. The highest BCUT2D eigenvalue weighted by atomic mass is 16.3. The van der Waals surface area contributed by atoms with Crippen LogP contribution in [0.15, 0.2) is 6.07 Å². The van der Waals surface area contributed by atoms with Gasteiger partial charge in [-0.05, 0) is 38.2 Å². The Morgan fingerprint density at radius 2 is 2.21 bits per heavy atom. The normalized spacial score (nSPS) is 22.1. The van der Waals surface area contributed by atoms with Gasteiger partial charge >= 0.3 is 0 Å². The Labute approximate surface area is 114 Å². The van der Waals surface area contributed by atoms with Crippen LogP contribution in [0.4, 0.5) is 0 Å². The van der Waals surface area contributed by atoms with E-state index < -0.39 is 0 Å². The van der Waals surface area contributed by atoms with Crippen molar-refractivity contribution in [3.05, 3.63) is 17.5 Å². The summed E-state index contributed by atoms with van der Waals surface area (Å²) in [6, 6.07) is 1.89. The SMILES string of the molecule is CCc1cc(C(=O)N(C)CC2CC(O)C2)n(CC)n1. The second kappa shape index (κ2) is 5.74. The van der Waals surface area contributed by atoms with Gasteiger partial charge in [-0.3, -0.25) is 9.48 Å². The standard InChI is InChI=1S/C14H23N3O2/c1-4-11-8-13(17(5-2)15-11)14(19)16(3)9-10-6-12(18)7-10/h8,10,12,18H,4-7,9H2,1-3H3. The van der Waals surface area contributed by atoms with Gasteiger partial charge in [0.2, 0.25) is 0 Å². The van der Waals surface area contributed by atoms with Crippen molar-refractivity contribution in [3.63, 3.8) is 0 Å². The minimum Gasteiger partial charge on any atom is -0.393 e. The van der Waals surface area contributed by atoms with E-state index in [1.54, 1.807) is 9.58 Å². The van der Waals surface area contributed by atoms with Gasteiger partial charge in [-0.1, -0.05) is 6.92 Å². The van der Waals surface area contributed by atoms with E-state index >= 15 is 0 Å². The third kappa shape index (κ3) is 2.97. The number of carbonyl (C=O) groups excluding carboxylic acids is 1. The molecule has 5 heteroatoms. The predicted octanol–water partition coefficient (Wildman–Crippen LogP) is 1.31. The Morgan fingerprint density at radius 1 is 1.53 bits per heavy atom. The molecule has 1 N–H and O–H groups in total. The van der Waals surface area contributed by atoms with E-state index in [9.17, 15) is 9.90 Å². The number of aryl methyl sites for hydroxylation is 2. The van der Waals surface area contributed by atoms with Crippen LogP contribution in [-0.4, -0.2) is 45.4 Å². The Kier molecular flexibility index (Phi) is 4.24. The van der Waals surface area contributed by atoms with Crippen LogP contribution in [-0.2, 0) is 13.0 Å². The van der Waals surface area contributed by atoms with Crippen molar-refractivity contribution in [3.8, 4) is 0 Å². The third-order valence-electron chi connectivity index (χ3n) is 3.80. The van der Waals surface area contributed by atoms with E-state index in [1.807, 2.05) is 27.0 Å². The fourth-order valence-corrected chi connectivity index (χ4v) is 2.57. The van der Waals surface area contributed by atoms with Gasteiger partial charge in [0.15, 0.2) is 0 Å². The molecular weight excluding hydrogens is 242 g/mol. The Morgan fingerprint density at radius 3 is 2.74 bits per heavy atom. The first-order valence-corrected chi connectivity index (χ1v) is 7.05. The van der Waals surface area contributed by atoms with Gasteiger partial charge in [0.05, 0.1) is 11.8 Å². The van der Waals surface area contributed by atoms with Crippen LogP contribution < -0.4 is 0 Å². The largest absolute Gasteiger partial charge is 0.393 e. The number of rotatable bonds is 5. The summed E-state index contributed by atoms with van der Waals surface area (Å²) in [5.41, 5.74) is 1.62. The van der Waals surface area contributed by atoms with Crippen LogP contribution in [0.5, 0.6) is 0 Å². The third-order valence-corrected chi connectivity index (χ3v) is 3.80. The van der Waals surface area contributed by atoms with Crippen molar-refractivity contribution >= 4 is 5.91 Å². The van der Waals surface area contributed by atoms with Gasteiger partial charge in [0.25, 0.3) is 5.91 Å². The zero-order valence-corrected chi connectivity index (χ0v) is 12.0. The molecule has 1 aromatic rings. The molecule has 0 aliphatic heterocycles. The van der Waals surface area contributed by atoms with Crippen molar-refractivity contribution < 1.29 is 9.90 Å². The van der Waals surface area contributed by atoms with Crippen molar-refractivity contribution in [2.45, 2.75) is 45.8 Å². The van der Waals surface area contributed by atoms with Crippen molar-refractivity contribution in [2.24, 2.45) is 5.92 Å². The first-order valence-electron chi connectivity index (χ1n) is 7.05. The molecule has 1 heterocycles. The molecule has 0 bridgehead atoms. The Bertz CT molecular complexity index is 450. The molecule has 106 valence electrons. The van der Waals surface area contributed by atoms with E-state index in [0.717, 1.165) is 25.0 Å². The van der Waals surface area contributed by atoms with Gasteiger partial charge in [0, 0.05) is 20.1 Å². The molecule has 5 nitrogen and oxygen atoms in total. The fraction of sp³-hybridized carbons (Fsp3) is 0.714. The molecule has 0 aromatic carbocycles. The summed E-state index contributed by atoms with van der Waals surface area (Å²) in [7, 11) is 1.83. The summed E-state index contributed by atoms with van der Waals surface area (Å²) in [4.78, 5) is 14.2. The first-order chi connectivity index (χ1) is 9.05. The van der Waals surface area contributed by atoms with Gasteiger partial charge in [0.1, 0.15) is 5.69 Å². The van der Waals surface area contributed by atoms with Crippen LogP contribution in [0.3, 0.4) is 0 Å². The van der Waals surface area contributed by atoms with Crippen LogP contribution >= 0.6 is 0 Å². The van der Waals surface area contributed by atoms with Crippen molar-refractivity contribution in [2.75, 3.05) is 13.6 Å². The maximum atomic E-state index is 12.4. The van der Waals surface area contributed by atoms with E-state index in [2.05, 4.69) is 5.10 Å². The first kappa shape index (κ1) is 14.1. The summed E-state index contributed by atoms with van der Waals surface area (Å²) < 4.78 is 1.77. The monoisotopic (exact) mass is 265 g/mol. The smallest absolute Gasteiger partial charge is 0.271 e. The lowest BCUT2D eigenvalue weighted by Crippen LogP contribution is -2.40. The molecule has 1 saturated carbocycles. The van der Waals surface area contributed by atoms with Gasteiger partial charge in [-0.25, -0.2) is 0 Å². The molecule has 1 aliphatic rings. The highest BCUT2D eigenvalue weighted by molar-refractivity contribution is 5.92.